The molecule has 0 spiro atoms. The molecular weight excluding hydrogens is 388 g/mol. The second kappa shape index (κ2) is 10.1. The number of nitrogens with zero attached hydrogens (tertiary/aromatic N) is 2. The van der Waals surface area contributed by atoms with Crippen LogP contribution in [-0.4, -0.2) is 22.2 Å². The van der Waals surface area contributed by atoms with Gasteiger partial charge >= 0.3 is 0 Å². The Hall–Kier alpha value is -2.83. The number of halogens is 1. The van der Waals surface area contributed by atoms with Gasteiger partial charge in [-0.2, -0.15) is 5.10 Å². The second-order valence-electron chi connectivity index (χ2n) is 6.86. The number of rotatable bonds is 7. The summed E-state index contributed by atoms with van der Waals surface area (Å²) in [5.41, 5.74) is 4.03. The predicted octanol–water partition coefficient (Wildman–Crippen LogP) is 2.85. The van der Waals surface area contributed by atoms with Crippen molar-refractivity contribution in [2.24, 2.45) is 0 Å². The van der Waals surface area contributed by atoms with E-state index in [9.17, 15) is 4.79 Å². The number of aromatic nitrogens is 2. The molecule has 29 heavy (non-hydrogen) atoms. The molecule has 0 radical (unpaired) electrons. The fourth-order valence-electron chi connectivity index (χ4n) is 3.29. The minimum absolute atomic E-state index is 0. The van der Waals surface area contributed by atoms with Gasteiger partial charge in [0.05, 0.1) is 30.9 Å². The number of benzene rings is 2. The molecule has 1 aliphatic heterocycles. The first-order valence-corrected chi connectivity index (χ1v) is 9.55. The molecule has 2 heterocycles. The van der Waals surface area contributed by atoms with Crippen LogP contribution in [0.5, 0.6) is 5.75 Å². The summed E-state index contributed by atoms with van der Waals surface area (Å²) in [6.07, 6.45) is 0.278. The third-order valence-corrected chi connectivity index (χ3v) is 4.75. The van der Waals surface area contributed by atoms with E-state index in [0.29, 0.717) is 13.2 Å². The number of amides is 1. The average molecular weight is 413 g/mol. The van der Waals surface area contributed by atoms with E-state index < -0.39 is 0 Å². The van der Waals surface area contributed by atoms with Crippen LogP contribution in [0.25, 0.3) is 0 Å². The summed E-state index contributed by atoms with van der Waals surface area (Å²) in [5, 5.41) is 10.8. The maximum Gasteiger partial charge on any atom is 0.224 e. The molecule has 0 atom stereocenters. The molecule has 1 aliphatic rings. The number of nitrogens with one attached hydrogen (secondary N) is 2. The zero-order valence-corrected chi connectivity index (χ0v) is 17.0. The molecular formula is C22H25ClN4O2. The molecule has 0 bridgehead atoms. The molecule has 0 saturated carbocycles. The first-order valence-electron chi connectivity index (χ1n) is 9.55. The van der Waals surface area contributed by atoms with E-state index in [2.05, 4.69) is 15.7 Å². The van der Waals surface area contributed by atoms with E-state index in [0.717, 1.165) is 47.9 Å². The summed E-state index contributed by atoms with van der Waals surface area (Å²) < 4.78 is 7.94. The van der Waals surface area contributed by atoms with Gasteiger partial charge in [-0.25, -0.2) is 0 Å². The van der Waals surface area contributed by atoms with Crippen molar-refractivity contribution >= 4 is 18.3 Å². The molecule has 2 aromatic carbocycles. The van der Waals surface area contributed by atoms with Crippen LogP contribution in [0.2, 0.25) is 0 Å². The van der Waals surface area contributed by atoms with Crippen LogP contribution in [0.15, 0.2) is 60.7 Å². The lowest BCUT2D eigenvalue weighted by atomic mass is 10.1. The molecule has 152 valence electrons. The van der Waals surface area contributed by atoms with E-state index in [-0.39, 0.29) is 24.7 Å². The summed E-state index contributed by atoms with van der Waals surface area (Å²) in [5.74, 6) is 0.699. The van der Waals surface area contributed by atoms with Crippen molar-refractivity contribution in [1.82, 2.24) is 20.4 Å². The van der Waals surface area contributed by atoms with Crippen LogP contribution in [0.1, 0.15) is 22.5 Å². The van der Waals surface area contributed by atoms with Gasteiger partial charge in [-0.1, -0.05) is 48.5 Å². The molecule has 3 aromatic rings. The van der Waals surface area contributed by atoms with Crippen LogP contribution in [0.4, 0.5) is 0 Å². The van der Waals surface area contributed by atoms with Gasteiger partial charge < -0.3 is 15.4 Å². The van der Waals surface area contributed by atoms with Crippen LogP contribution in [0.3, 0.4) is 0 Å². The Balaban J connectivity index is 0.00000240. The number of hydrogen-bond acceptors (Lipinski definition) is 4. The minimum Gasteiger partial charge on any atom is -0.489 e. The normalized spacial score (nSPS) is 12.6. The Morgan fingerprint density at radius 3 is 2.76 bits per heavy atom. The molecule has 0 fully saturated rings. The Bertz CT molecular complexity index is 919. The van der Waals surface area contributed by atoms with Crippen LogP contribution >= 0.6 is 12.4 Å². The molecule has 4 rings (SSSR count). The number of para-hydroxylation sites is 1. The SMILES string of the molecule is Cl.O=C(Cc1ccccc1OCc1ccccc1)NCc1cc2n(n1)CCNC2. The summed E-state index contributed by atoms with van der Waals surface area (Å²) >= 11 is 0. The van der Waals surface area contributed by atoms with Crippen LogP contribution < -0.4 is 15.4 Å². The molecule has 1 amide bonds. The third kappa shape index (κ3) is 5.59. The Morgan fingerprint density at radius 2 is 1.93 bits per heavy atom. The van der Waals surface area contributed by atoms with E-state index in [1.165, 1.54) is 0 Å². The number of fused-ring (bicyclic) bond motifs is 1. The van der Waals surface area contributed by atoms with E-state index in [1.54, 1.807) is 0 Å². The van der Waals surface area contributed by atoms with Crippen molar-refractivity contribution in [3.63, 3.8) is 0 Å². The van der Waals surface area contributed by atoms with Crippen molar-refractivity contribution < 1.29 is 9.53 Å². The maximum atomic E-state index is 12.4. The van der Waals surface area contributed by atoms with E-state index >= 15 is 0 Å². The van der Waals surface area contributed by atoms with Crippen molar-refractivity contribution in [3.05, 3.63) is 83.2 Å². The average Bonchev–Trinajstić information content (AvgIpc) is 3.15. The predicted molar refractivity (Wildman–Crippen MR) is 114 cm³/mol. The molecule has 0 unspecified atom stereocenters. The lowest BCUT2D eigenvalue weighted by Gasteiger charge is -2.13. The second-order valence-corrected chi connectivity index (χ2v) is 6.86. The van der Waals surface area contributed by atoms with Gasteiger partial charge in [0.25, 0.3) is 0 Å². The van der Waals surface area contributed by atoms with Crippen LogP contribution in [0, 0.1) is 0 Å². The standard InChI is InChI=1S/C22H24N4O2.ClH/c27-22(24-14-19-13-20-15-23-10-11-26(20)25-19)12-18-8-4-5-9-21(18)28-16-17-6-2-1-3-7-17;/h1-9,13,23H,10-12,14-16H2,(H,24,27);1H. The lowest BCUT2D eigenvalue weighted by molar-refractivity contribution is -0.120. The molecule has 7 heteroatoms. The highest BCUT2D eigenvalue weighted by atomic mass is 35.5. The number of carbonyl (C=O) groups is 1. The number of carbonyl (C=O) groups excluding carboxylic acids is 1. The van der Waals surface area contributed by atoms with Gasteiger partial charge in [-0.05, 0) is 17.7 Å². The summed E-state index contributed by atoms with van der Waals surface area (Å²) in [7, 11) is 0. The zero-order valence-electron chi connectivity index (χ0n) is 16.1. The van der Waals surface area contributed by atoms with Gasteiger partial charge in [0.2, 0.25) is 5.91 Å². The molecule has 1 aromatic heterocycles. The highest BCUT2D eigenvalue weighted by molar-refractivity contribution is 5.85. The number of ether oxygens (including phenoxy) is 1. The van der Waals surface area contributed by atoms with Gasteiger partial charge in [0, 0.05) is 18.7 Å². The summed E-state index contributed by atoms with van der Waals surface area (Å²) in [6, 6.07) is 19.7. The first kappa shape index (κ1) is 20.9. The highest BCUT2D eigenvalue weighted by Gasteiger charge is 2.13. The molecule has 0 aliphatic carbocycles. The van der Waals surface area contributed by atoms with Crippen molar-refractivity contribution in [2.45, 2.75) is 32.7 Å². The highest BCUT2D eigenvalue weighted by Crippen LogP contribution is 2.20. The lowest BCUT2D eigenvalue weighted by Crippen LogP contribution is -2.28. The molecule has 0 saturated heterocycles. The van der Waals surface area contributed by atoms with Crippen LogP contribution in [-0.2, 0) is 37.5 Å². The van der Waals surface area contributed by atoms with E-state index in [4.69, 9.17) is 4.74 Å². The maximum absolute atomic E-state index is 12.4. The Morgan fingerprint density at radius 1 is 1.14 bits per heavy atom. The summed E-state index contributed by atoms with van der Waals surface area (Å²) in [6.45, 7) is 3.54. The fraction of sp³-hybridized carbons (Fsp3) is 0.273. The monoisotopic (exact) mass is 412 g/mol. The van der Waals surface area contributed by atoms with Crippen molar-refractivity contribution in [1.29, 1.82) is 0 Å². The topological polar surface area (TPSA) is 68.2 Å². The number of hydrogen-bond donors (Lipinski definition) is 2. The van der Waals surface area contributed by atoms with Crippen molar-refractivity contribution in [2.75, 3.05) is 6.54 Å². The zero-order chi connectivity index (χ0) is 19.2. The van der Waals surface area contributed by atoms with Gasteiger partial charge in [-0.3, -0.25) is 9.48 Å². The Kier molecular flexibility index (Phi) is 7.27. The third-order valence-electron chi connectivity index (χ3n) is 4.75. The van der Waals surface area contributed by atoms with Gasteiger partial charge in [0.15, 0.2) is 0 Å². The molecule has 2 N–H and O–H groups in total. The minimum atomic E-state index is -0.0418. The largest absolute Gasteiger partial charge is 0.489 e. The van der Waals surface area contributed by atoms with E-state index in [1.807, 2.05) is 65.3 Å². The van der Waals surface area contributed by atoms with Gasteiger partial charge in [-0.15, -0.1) is 12.4 Å². The smallest absolute Gasteiger partial charge is 0.224 e. The van der Waals surface area contributed by atoms with Crippen molar-refractivity contribution in [3.8, 4) is 5.75 Å². The first-order chi connectivity index (χ1) is 13.8. The quantitative estimate of drug-likeness (QED) is 0.626. The fourth-order valence-corrected chi connectivity index (χ4v) is 3.29. The Labute approximate surface area is 176 Å². The molecule has 6 nitrogen and oxygen atoms in total. The summed E-state index contributed by atoms with van der Waals surface area (Å²) in [4.78, 5) is 12.4. The van der Waals surface area contributed by atoms with Gasteiger partial charge in [0.1, 0.15) is 12.4 Å².